The SMILES string of the molecule is Cc1nc(NCC(F)(F)F)nc(NCC[C@H](CO)[C@@H](O)CO)c1-c1nc2ccccc2o1. The second-order valence-electron chi connectivity index (χ2n) is 7.22. The van der Waals surface area contributed by atoms with Crippen LogP contribution in [0.1, 0.15) is 12.1 Å². The van der Waals surface area contributed by atoms with E-state index in [1.807, 2.05) is 0 Å². The molecule has 0 aliphatic carbocycles. The van der Waals surface area contributed by atoms with E-state index in [4.69, 9.17) is 9.52 Å². The molecule has 0 unspecified atom stereocenters. The van der Waals surface area contributed by atoms with Gasteiger partial charge in [0.05, 0.1) is 18.4 Å². The van der Waals surface area contributed by atoms with Crippen LogP contribution in [0, 0.1) is 12.8 Å². The van der Waals surface area contributed by atoms with Crippen molar-refractivity contribution in [1.82, 2.24) is 15.0 Å². The molecule has 0 aliphatic heterocycles. The summed E-state index contributed by atoms with van der Waals surface area (Å²) in [5, 5.41) is 33.4. The standard InChI is InChI=1S/C20H24F3N5O4/c1-11-16(18-27-13-4-2-3-5-15(13)32-18)17(24-7-6-12(8-29)14(31)9-30)28-19(26-11)25-10-20(21,22)23/h2-5,12,14,29-31H,6-10H2,1H3,(H2,24,25,26,28)/t12-,14+/m1/s1. The number of anilines is 2. The van der Waals surface area contributed by atoms with E-state index in [0.717, 1.165) is 0 Å². The third-order valence-corrected chi connectivity index (χ3v) is 4.82. The van der Waals surface area contributed by atoms with E-state index in [9.17, 15) is 23.4 Å². The third kappa shape index (κ3) is 5.84. The number of benzene rings is 1. The molecule has 3 aromatic rings. The molecule has 0 saturated carbocycles. The van der Waals surface area contributed by atoms with E-state index in [-0.39, 0.29) is 37.2 Å². The summed E-state index contributed by atoms with van der Waals surface area (Å²) in [6.45, 7) is -0.351. The van der Waals surface area contributed by atoms with Gasteiger partial charge in [0.1, 0.15) is 23.4 Å². The number of aliphatic hydroxyl groups is 3. The highest BCUT2D eigenvalue weighted by Gasteiger charge is 2.28. The van der Waals surface area contributed by atoms with Crippen molar-refractivity contribution >= 4 is 22.9 Å². The van der Waals surface area contributed by atoms with Crippen molar-refractivity contribution in [3.8, 4) is 11.5 Å². The van der Waals surface area contributed by atoms with E-state index >= 15 is 0 Å². The van der Waals surface area contributed by atoms with Crippen molar-refractivity contribution < 1.29 is 32.9 Å². The maximum absolute atomic E-state index is 12.6. The van der Waals surface area contributed by atoms with Gasteiger partial charge in [-0.15, -0.1) is 0 Å². The van der Waals surface area contributed by atoms with Crippen molar-refractivity contribution in [2.24, 2.45) is 5.92 Å². The Kier molecular flexibility index (Phi) is 7.48. The Bertz CT molecular complexity index is 1010. The predicted molar refractivity (Wildman–Crippen MR) is 111 cm³/mol. The maximum atomic E-state index is 12.6. The number of aryl methyl sites for hydroxylation is 1. The van der Waals surface area contributed by atoms with Crippen LogP contribution in [0.15, 0.2) is 28.7 Å². The lowest BCUT2D eigenvalue weighted by atomic mass is 10.00. The summed E-state index contributed by atoms with van der Waals surface area (Å²) < 4.78 is 43.6. The molecule has 0 aliphatic rings. The number of alkyl halides is 3. The number of para-hydroxylation sites is 2. The zero-order chi connectivity index (χ0) is 23.3. The van der Waals surface area contributed by atoms with E-state index in [0.29, 0.717) is 22.4 Å². The Morgan fingerprint density at radius 3 is 2.47 bits per heavy atom. The lowest BCUT2D eigenvalue weighted by Crippen LogP contribution is -2.29. The summed E-state index contributed by atoms with van der Waals surface area (Å²) in [6, 6.07) is 7.07. The van der Waals surface area contributed by atoms with Gasteiger partial charge >= 0.3 is 6.18 Å². The molecule has 2 aromatic heterocycles. The molecule has 0 fully saturated rings. The van der Waals surface area contributed by atoms with Gasteiger partial charge in [0.25, 0.3) is 0 Å². The highest BCUT2D eigenvalue weighted by atomic mass is 19.4. The summed E-state index contributed by atoms with van der Waals surface area (Å²) in [4.78, 5) is 12.7. The molecule has 174 valence electrons. The summed E-state index contributed by atoms with van der Waals surface area (Å²) >= 11 is 0. The van der Waals surface area contributed by atoms with Crippen molar-refractivity contribution in [2.45, 2.75) is 25.6 Å². The first kappa shape index (κ1) is 23.7. The number of fused-ring (bicyclic) bond motifs is 1. The minimum atomic E-state index is -4.45. The second-order valence-corrected chi connectivity index (χ2v) is 7.22. The molecule has 3 rings (SSSR count). The lowest BCUT2D eigenvalue weighted by molar-refractivity contribution is -0.115. The lowest BCUT2D eigenvalue weighted by Gasteiger charge is -2.20. The van der Waals surface area contributed by atoms with Gasteiger partial charge < -0.3 is 30.4 Å². The Morgan fingerprint density at radius 1 is 1.06 bits per heavy atom. The van der Waals surface area contributed by atoms with Gasteiger partial charge in [0.2, 0.25) is 11.8 Å². The first-order chi connectivity index (χ1) is 15.2. The van der Waals surface area contributed by atoms with E-state index in [1.165, 1.54) is 0 Å². The molecule has 1 aromatic carbocycles. The number of nitrogens with zero attached hydrogens (tertiary/aromatic N) is 3. The Morgan fingerprint density at radius 2 is 1.81 bits per heavy atom. The summed E-state index contributed by atoms with van der Waals surface area (Å²) in [5.74, 6) is -0.436. The Labute approximate surface area is 181 Å². The largest absolute Gasteiger partial charge is 0.436 e. The van der Waals surface area contributed by atoms with Crippen LogP contribution >= 0.6 is 0 Å². The fourth-order valence-corrected chi connectivity index (χ4v) is 3.12. The minimum Gasteiger partial charge on any atom is -0.436 e. The van der Waals surface area contributed by atoms with Gasteiger partial charge in [0.15, 0.2) is 5.58 Å². The molecule has 2 heterocycles. The predicted octanol–water partition coefficient (Wildman–Crippen LogP) is 2.33. The monoisotopic (exact) mass is 455 g/mol. The van der Waals surface area contributed by atoms with Crippen LogP contribution in [0.25, 0.3) is 22.6 Å². The quantitative estimate of drug-likeness (QED) is 0.312. The first-order valence-electron chi connectivity index (χ1n) is 9.90. The zero-order valence-electron chi connectivity index (χ0n) is 17.2. The molecule has 5 N–H and O–H groups in total. The molecular formula is C20H24F3N5O4. The molecule has 32 heavy (non-hydrogen) atoms. The molecule has 0 saturated heterocycles. The van der Waals surface area contributed by atoms with Crippen LogP contribution in [-0.4, -0.2) is 68.9 Å². The van der Waals surface area contributed by atoms with E-state index in [1.54, 1.807) is 31.2 Å². The topological polar surface area (TPSA) is 137 Å². The first-order valence-corrected chi connectivity index (χ1v) is 9.90. The molecule has 2 atom stereocenters. The number of rotatable bonds is 10. The number of nitrogens with one attached hydrogen (secondary N) is 2. The van der Waals surface area contributed by atoms with Crippen molar-refractivity contribution in [3.05, 3.63) is 30.0 Å². The van der Waals surface area contributed by atoms with Gasteiger partial charge in [-0.2, -0.15) is 18.2 Å². The Balaban J connectivity index is 1.91. The fourth-order valence-electron chi connectivity index (χ4n) is 3.12. The maximum Gasteiger partial charge on any atom is 0.405 e. The smallest absolute Gasteiger partial charge is 0.405 e. The highest BCUT2D eigenvalue weighted by molar-refractivity contribution is 5.80. The average Bonchev–Trinajstić information content (AvgIpc) is 3.17. The number of hydrogen-bond donors (Lipinski definition) is 5. The van der Waals surface area contributed by atoms with Crippen molar-refractivity contribution in [1.29, 1.82) is 0 Å². The molecule has 0 spiro atoms. The van der Waals surface area contributed by atoms with Gasteiger partial charge in [-0.3, -0.25) is 0 Å². The number of halogens is 3. The number of oxazole rings is 1. The summed E-state index contributed by atoms with van der Waals surface area (Å²) in [5.41, 5.74) is 1.84. The van der Waals surface area contributed by atoms with Crippen LogP contribution in [0.5, 0.6) is 0 Å². The van der Waals surface area contributed by atoms with E-state index < -0.39 is 31.3 Å². The molecule has 9 nitrogen and oxygen atoms in total. The third-order valence-electron chi connectivity index (χ3n) is 4.82. The van der Waals surface area contributed by atoms with Crippen LogP contribution in [0.4, 0.5) is 24.9 Å². The molecular weight excluding hydrogens is 431 g/mol. The normalized spacial score (nSPS) is 13.8. The number of hydrogen-bond acceptors (Lipinski definition) is 9. The van der Waals surface area contributed by atoms with Gasteiger partial charge in [-0.1, -0.05) is 12.1 Å². The number of aliphatic hydroxyl groups excluding tert-OH is 3. The second kappa shape index (κ2) is 10.1. The highest BCUT2D eigenvalue weighted by Crippen LogP contribution is 2.32. The number of aromatic nitrogens is 3. The van der Waals surface area contributed by atoms with Crippen LogP contribution < -0.4 is 10.6 Å². The molecule has 0 bridgehead atoms. The molecule has 12 heteroatoms. The van der Waals surface area contributed by atoms with Crippen molar-refractivity contribution in [2.75, 3.05) is 36.9 Å². The van der Waals surface area contributed by atoms with Crippen molar-refractivity contribution in [3.63, 3.8) is 0 Å². The summed E-state index contributed by atoms with van der Waals surface area (Å²) in [6.07, 6.45) is -5.28. The molecule has 0 radical (unpaired) electrons. The fraction of sp³-hybridized carbons (Fsp3) is 0.450. The van der Waals surface area contributed by atoms with Gasteiger partial charge in [-0.25, -0.2) is 9.97 Å². The minimum absolute atomic E-state index is 0.184. The Hall–Kier alpha value is -2.96. The zero-order valence-corrected chi connectivity index (χ0v) is 17.2. The molecule has 0 amide bonds. The van der Waals surface area contributed by atoms with Crippen LogP contribution in [0.3, 0.4) is 0 Å². The summed E-state index contributed by atoms with van der Waals surface area (Å²) in [7, 11) is 0. The van der Waals surface area contributed by atoms with Crippen LogP contribution in [0.2, 0.25) is 0 Å². The van der Waals surface area contributed by atoms with Gasteiger partial charge in [0, 0.05) is 19.1 Å². The average molecular weight is 455 g/mol. The van der Waals surface area contributed by atoms with Crippen LogP contribution in [-0.2, 0) is 0 Å². The van der Waals surface area contributed by atoms with E-state index in [2.05, 4.69) is 25.6 Å². The van der Waals surface area contributed by atoms with Gasteiger partial charge in [-0.05, 0) is 25.5 Å².